The number of allylic oxidation sites excluding steroid dienone is 5. The maximum atomic E-state index is 11.5. The molecule has 0 aliphatic carbocycles. The van der Waals surface area contributed by atoms with Crippen molar-refractivity contribution in [2.75, 3.05) is 0 Å². The Morgan fingerprint density at radius 1 is 1.31 bits per heavy atom. The van der Waals surface area contributed by atoms with E-state index in [9.17, 15) is 4.79 Å². The zero-order chi connectivity index (χ0) is 12.6. The van der Waals surface area contributed by atoms with Crippen LogP contribution in [0.5, 0.6) is 0 Å². The summed E-state index contributed by atoms with van der Waals surface area (Å²) >= 11 is 0. The molecule has 1 unspecified atom stereocenters. The minimum atomic E-state index is 0.172. The van der Waals surface area contributed by atoms with Crippen molar-refractivity contribution in [2.45, 2.75) is 47.0 Å². The average Bonchev–Trinajstić information content (AvgIpc) is 2.22. The fraction of sp³-hybridized carbons (Fsp3) is 0.533. The lowest BCUT2D eigenvalue weighted by molar-refractivity contribution is -0.120. The van der Waals surface area contributed by atoms with Gasteiger partial charge in [0.2, 0.25) is 0 Å². The molecule has 0 aromatic carbocycles. The van der Waals surface area contributed by atoms with Gasteiger partial charge in [0.05, 0.1) is 0 Å². The van der Waals surface area contributed by atoms with Crippen LogP contribution in [-0.4, -0.2) is 5.78 Å². The summed E-state index contributed by atoms with van der Waals surface area (Å²) in [6, 6.07) is 0. The van der Waals surface area contributed by atoms with E-state index in [2.05, 4.69) is 25.7 Å². The Morgan fingerprint density at radius 2 is 1.94 bits per heavy atom. The molecule has 0 saturated heterocycles. The Morgan fingerprint density at radius 3 is 2.31 bits per heavy atom. The highest BCUT2D eigenvalue weighted by Crippen LogP contribution is 2.19. The Balaban J connectivity index is 4.51. The van der Waals surface area contributed by atoms with E-state index in [1.807, 2.05) is 19.9 Å². The van der Waals surface area contributed by atoms with Crippen molar-refractivity contribution in [3.05, 3.63) is 36.0 Å². The Hall–Kier alpha value is -1.11. The van der Waals surface area contributed by atoms with Crippen LogP contribution in [-0.2, 0) is 4.79 Å². The minimum absolute atomic E-state index is 0.172. The summed E-state index contributed by atoms with van der Waals surface area (Å²) < 4.78 is 0. The summed E-state index contributed by atoms with van der Waals surface area (Å²) in [5.41, 5.74) is 2.26. The molecule has 1 atom stereocenters. The molecule has 0 N–H and O–H groups in total. The van der Waals surface area contributed by atoms with E-state index < -0.39 is 0 Å². The van der Waals surface area contributed by atoms with Crippen molar-refractivity contribution >= 4 is 5.78 Å². The summed E-state index contributed by atoms with van der Waals surface area (Å²) in [4.78, 5) is 11.5. The van der Waals surface area contributed by atoms with E-state index in [-0.39, 0.29) is 5.92 Å². The number of rotatable bonds is 7. The van der Waals surface area contributed by atoms with Gasteiger partial charge >= 0.3 is 0 Å². The first-order valence-corrected chi connectivity index (χ1v) is 6.00. The molecule has 0 aromatic rings. The highest BCUT2D eigenvalue weighted by molar-refractivity contribution is 5.78. The fourth-order valence-electron chi connectivity index (χ4n) is 1.61. The smallest absolute Gasteiger partial charge is 0.133 e. The summed E-state index contributed by atoms with van der Waals surface area (Å²) in [5, 5.41) is 0. The van der Waals surface area contributed by atoms with Gasteiger partial charge in [-0.3, -0.25) is 4.79 Å². The molecule has 0 aliphatic rings. The monoisotopic (exact) mass is 220 g/mol. The predicted octanol–water partition coefficient (Wildman–Crippen LogP) is 4.46. The minimum Gasteiger partial charge on any atom is -0.300 e. The molecular formula is C15H24O. The second kappa shape index (κ2) is 8.09. The van der Waals surface area contributed by atoms with Gasteiger partial charge in [0.1, 0.15) is 5.78 Å². The van der Waals surface area contributed by atoms with Crippen LogP contribution >= 0.6 is 0 Å². The van der Waals surface area contributed by atoms with Crippen LogP contribution in [0.4, 0.5) is 0 Å². The third kappa shape index (κ3) is 6.39. The SMILES string of the molecule is C=C(C)/C=C\C(=CC)CC(CCC)C(C)=O. The van der Waals surface area contributed by atoms with Crippen LogP contribution in [0.25, 0.3) is 0 Å². The van der Waals surface area contributed by atoms with Crippen molar-refractivity contribution in [1.82, 2.24) is 0 Å². The third-order valence-corrected chi connectivity index (χ3v) is 2.65. The molecule has 1 nitrogen and oxygen atoms in total. The van der Waals surface area contributed by atoms with Gasteiger partial charge in [-0.15, -0.1) is 0 Å². The average molecular weight is 220 g/mol. The highest BCUT2D eigenvalue weighted by Gasteiger charge is 2.13. The van der Waals surface area contributed by atoms with Crippen molar-refractivity contribution in [1.29, 1.82) is 0 Å². The van der Waals surface area contributed by atoms with Crippen LogP contribution in [0.15, 0.2) is 36.0 Å². The van der Waals surface area contributed by atoms with E-state index in [4.69, 9.17) is 0 Å². The Labute approximate surface area is 99.9 Å². The first kappa shape index (κ1) is 14.9. The lowest BCUT2D eigenvalue weighted by Gasteiger charge is -2.13. The van der Waals surface area contributed by atoms with Gasteiger partial charge in [-0.1, -0.05) is 49.3 Å². The third-order valence-electron chi connectivity index (χ3n) is 2.65. The maximum Gasteiger partial charge on any atom is 0.133 e. The lowest BCUT2D eigenvalue weighted by atomic mass is 9.91. The zero-order valence-electron chi connectivity index (χ0n) is 11.0. The van der Waals surface area contributed by atoms with Crippen LogP contribution in [0, 0.1) is 5.92 Å². The predicted molar refractivity (Wildman–Crippen MR) is 71.4 cm³/mol. The quantitative estimate of drug-likeness (QED) is 0.579. The molecule has 0 heterocycles. The van der Waals surface area contributed by atoms with Crippen LogP contribution in [0.3, 0.4) is 0 Å². The fourth-order valence-corrected chi connectivity index (χ4v) is 1.61. The van der Waals surface area contributed by atoms with Gasteiger partial charge < -0.3 is 0 Å². The maximum absolute atomic E-state index is 11.5. The van der Waals surface area contributed by atoms with Crippen LogP contribution in [0.1, 0.15) is 47.0 Å². The second-order valence-corrected chi connectivity index (χ2v) is 4.34. The van der Waals surface area contributed by atoms with Gasteiger partial charge in [-0.25, -0.2) is 0 Å². The van der Waals surface area contributed by atoms with Gasteiger partial charge in [0, 0.05) is 5.92 Å². The van der Waals surface area contributed by atoms with Crippen LogP contribution < -0.4 is 0 Å². The molecule has 0 saturated carbocycles. The van der Waals surface area contributed by atoms with Gasteiger partial charge in [0.15, 0.2) is 0 Å². The first-order valence-electron chi connectivity index (χ1n) is 6.00. The van der Waals surface area contributed by atoms with Crippen LogP contribution in [0.2, 0.25) is 0 Å². The largest absolute Gasteiger partial charge is 0.300 e. The summed E-state index contributed by atoms with van der Waals surface area (Å²) in [6.45, 7) is 11.6. The van der Waals surface area contributed by atoms with E-state index in [0.717, 1.165) is 24.8 Å². The molecule has 0 aliphatic heterocycles. The molecular weight excluding hydrogens is 196 g/mol. The standard InChI is InChI=1S/C15H24O/c1-6-8-15(13(5)16)11-14(7-2)10-9-12(3)4/h7,9-10,15H,3,6,8,11H2,1-2,4-5H3/b10-9-,14-7?. The van der Waals surface area contributed by atoms with Crippen molar-refractivity contribution < 1.29 is 4.79 Å². The molecule has 0 rings (SSSR count). The summed E-state index contributed by atoms with van der Waals surface area (Å²) in [7, 11) is 0. The van der Waals surface area contributed by atoms with E-state index in [0.29, 0.717) is 5.78 Å². The van der Waals surface area contributed by atoms with Gasteiger partial charge in [-0.05, 0) is 33.6 Å². The highest BCUT2D eigenvalue weighted by atomic mass is 16.1. The normalized spacial score (nSPS) is 14.1. The topological polar surface area (TPSA) is 17.1 Å². The van der Waals surface area contributed by atoms with Crippen molar-refractivity contribution in [3.63, 3.8) is 0 Å². The summed E-state index contributed by atoms with van der Waals surface area (Å²) in [5.74, 6) is 0.468. The molecule has 1 heteroatoms. The van der Waals surface area contributed by atoms with E-state index in [1.54, 1.807) is 6.92 Å². The van der Waals surface area contributed by atoms with E-state index in [1.165, 1.54) is 5.57 Å². The molecule has 0 aromatic heterocycles. The number of ketones is 1. The summed E-state index contributed by atoms with van der Waals surface area (Å²) in [6.07, 6.45) is 9.03. The molecule has 0 fully saturated rings. The number of hydrogen-bond acceptors (Lipinski definition) is 1. The molecule has 0 amide bonds. The molecule has 90 valence electrons. The number of Topliss-reactive ketones (excluding diaryl/α,β-unsaturated/α-hetero) is 1. The second-order valence-electron chi connectivity index (χ2n) is 4.34. The number of carbonyl (C=O) groups excluding carboxylic acids is 1. The van der Waals surface area contributed by atoms with Gasteiger partial charge in [-0.2, -0.15) is 0 Å². The molecule has 16 heavy (non-hydrogen) atoms. The Kier molecular flexibility index (Phi) is 7.53. The number of carbonyl (C=O) groups is 1. The van der Waals surface area contributed by atoms with Crippen molar-refractivity contribution in [2.24, 2.45) is 5.92 Å². The lowest BCUT2D eigenvalue weighted by Crippen LogP contribution is -2.11. The molecule has 0 spiro atoms. The number of hydrogen-bond donors (Lipinski definition) is 0. The van der Waals surface area contributed by atoms with E-state index >= 15 is 0 Å². The zero-order valence-corrected chi connectivity index (χ0v) is 11.0. The Bertz CT molecular complexity index is 295. The molecule has 0 bridgehead atoms. The first-order chi connectivity index (χ1) is 7.51. The van der Waals surface area contributed by atoms with Gasteiger partial charge in [0.25, 0.3) is 0 Å². The van der Waals surface area contributed by atoms with Crippen molar-refractivity contribution in [3.8, 4) is 0 Å². The molecule has 0 radical (unpaired) electrons.